The predicted octanol–water partition coefficient (Wildman–Crippen LogP) is 2.05. The molecule has 94 valence electrons. The first kappa shape index (κ1) is 12.1. The van der Waals surface area contributed by atoms with E-state index in [0.717, 1.165) is 38.1 Å². The van der Waals surface area contributed by atoms with E-state index in [0.29, 0.717) is 18.5 Å². The molecule has 1 aliphatic rings. The van der Waals surface area contributed by atoms with Crippen LogP contribution in [-0.2, 0) is 17.9 Å². The van der Waals surface area contributed by atoms with E-state index >= 15 is 0 Å². The van der Waals surface area contributed by atoms with Gasteiger partial charge in [-0.3, -0.25) is 4.79 Å². The van der Waals surface area contributed by atoms with Crippen molar-refractivity contribution in [1.82, 2.24) is 14.5 Å². The Hall–Kier alpha value is -1.32. The summed E-state index contributed by atoms with van der Waals surface area (Å²) in [5.74, 6) is 1.90. The molecule has 2 rings (SSSR count). The molecule has 0 bridgehead atoms. The number of amides is 1. The minimum Gasteiger partial charge on any atom is -0.324 e. The number of hydrogen-bond acceptors (Lipinski definition) is 2. The molecule has 0 N–H and O–H groups in total. The maximum atomic E-state index is 11.9. The van der Waals surface area contributed by atoms with Crippen LogP contribution in [0.1, 0.15) is 38.9 Å². The maximum Gasteiger partial charge on any atom is 0.224 e. The monoisotopic (exact) mass is 235 g/mol. The standard InChI is InChI=1S/C13H21N3O/c1-3-5-11-8-13(17)16(9-11)10-15-7-6-14-12(15)4-2/h6-7,11H,3-5,8-10H2,1-2H3. The van der Waals surface area contributed by atoms with E-state index in [2.05, 4.69) is 23.4 Å². The lowest BCUT2D eigenvalue weighted by atomic mass is 10.0. The second-order valence-corrected chi connectivity index (χ2v) is 4.78. The Morgan fingerprint density at radius 1 is 1.47 bits per heavy atom. The van der Waals surface area contributed by atoms with Crippen LogP contribution in [0.25, 0.3) is 0 Å². The molecule has 0 aliphatic carbocycles. The van der Waals surface area contributed by atoms with E-state index in [-0.39, 0.29) is 0 Å². The Labute approximate surface area is 103 Å². The van der Waals surface area contributed by atoms with Crippen molar-refractivity contribution in [2.24, 2.45) is 5.92 Å². The zero-order valence-electron chi connectivity index (χ0n) is 10.7. The highest BCUT2D eigenvalue weighted by molar-refractivity contribution is 5.78. The number of likely N-dealkylation sites (tertiary alicyclic amines) is 1. The Bertz CT molecular complexity index is 386. The van der Waals surface area contributed by atoms with Gasteiger partial charge >= 0.3 is 0 Å². The molecule has 1 unspecified atom stereocenters. The van der Waals surface area contributed by atoms with Crippen molar-refractivity contribution < 1.29 is 4.79 Å². The first-order chi connectivity index (χ1) is 8.24. The molecule has 4 nitrogen and oxygen atoms in total. The third-order valence-electron chi connectivity index (χ3n) is 3.43. The highest BCUT2D eigenvalue weighted by atomic mass is 16.2. The van der Waals surface area contributed by atoms with Crippen LogP contribution < -0.4 is 0 Å². The molecular weight excluding hydrogens is 214 g/mol. The molecule has 0 aromatic carbocycles. The van der Waals surface area contributed by atoms with Crippen molar-refractivity contribution in [3.63, 3.8) is 0 Å². The van der Waals surface area contributed by atoms with Gasteiger partial charge < -0.3 is 9.47 Å². The van der Waals surface area contributed by atoms with Crippen LogP contribution in [-0.4, -0.2) is 26.9 Å². The fourth-order valence-corrected chi connectivity index (χ4v) is 2.56. The van der Waals surface area contributed by atoms with Gasteiger partial charge in [-0.05, 0) is 12.3 Å². The molecule has 4 heteroatoms. The van der Waals surface area contributed by atoms with Gasteiger partial charge in [0.15, 0.2) is 0 Å². The minimum absolute atomic E-state index is 0.291. The summed E-state index contributed by atoms with van der Waals surface area (Å²) in [5, 5.41) is 0. The summed E-state index contributed by atoms with van der Waals surface area (Å²) in [4.78, 5) is 18.1. The molecule has 0 radical (unpaired) electrons. The highest BCUT2D eigenvalue weighted by Gasteiger charge is 2.28. The predicted molar refractivity (Wildman–Crippen MR) is 66.3 cm³/mol. The normalized spacial score (nSPS) is 20.2. The SMILES string of the molecule is CCCC1CC(=O)N(Cn2ccnc2CC)C1. The van der Waals surface area contributed by atoms with Crippen LogP contribution in [0.15, 0.2) is 12.4 Å². The van der Waals surface area contributed by atoms with E-state index in [4.69, 9.17) is 0 Å². The van der Waals surface area contributed by atoms with Gasteiger partial charge in [-0.1, -0.05) is 20.3 Å². The number of aryl methyl sites for hydroxylation is 1. The Morgan fingerprint density at radius 2 is 2.29 bits per heavy atom. The molecule has 1 atom stereocenters. The summed E-state index contributed by atoms with van der Waals surface area (Å²) in [5.41, 5.74) is 0. The first-order valence-corrected chi connectivity index (χ1v) is 6.52. The number of carbonyl (C=O) groups is 1. The smallest absolute Gasteiger partial charge is 0.224 e. The topological polar surface area (TPSA) is 38.1 Å². The van der Waals surface area contributed by atoms with Gasteiger partial charge in [-0.2, -0.15) is 0 Å². The second kappa shape index (κ2) is 5.34. The van der Waals surface area contributed by atoms with E-state index in [1.54, 1.807) is 0 Å². The lowest BCUT2D eigenvalue weighted by Crippen LogP contribution is -2.28. The first-order valence-electron chi connectivity index (χ1n) is 6.52. The molecule has 0 spiro atoms. The molecule has 1 aromatic rings. The van der Waals surface area contributed by atoms with Crippen LogP contribution in [0.3, 0.4) is 0 Å². The molecule has 2 heterocycles. The van der Waals surface area contributed by atoms with Crippen LogP contribution in [0.5, 0.6) is 0 Å². The second-order valence-electron chi connectivity index (χ2n) is 4.78. The number of carbonyl (C=O) groups excluding carboxylic acids is 1. The third kappa shape index (κ3) is 2.68. The quantitative estimate of drug-likeness (QED) is 0.783. The fourth-order valence-electron chi connectivity index (χ4n) is 2.56. The van der Waals surface area contributed by atoms with Gasteiger partial charge in [-0.25, -0.2) is 4.98 Å². The minimum atomic E-state index is 0.291. The van der Waals surface area contributed by atoms with Crippen molar-refractivity contribution in [2.45, 2.75) is 46.2 Å². The lowest BCUT2D eigenvalue weighted by Gasteiger charge is -2.18. The average molecular weight is 235 g/mol. The Balaban J connectivity index is 1.98. The summed E-state index contributed by atoms with van der Waals surface area (Å²) >= 11 is 0. The highest BCUT2D eigenvalue weighted by Crippen LogP contribution is 2.22. The van der Waals surface area contributed by atoms with Crippen molar-refractivity contribution >= 4 is 5.91 Å². The maximum absolute atomic E-state index is 11.9. The van der Waals surface area contributed by atoms with Crippen LogP contribution in [0.2, 0.25) is 0 Å². The lowest BCUT2D eigenvalue weighted by molar-refractivity contribution is -0.129. The molecule has 1 aliphatic heterocycles. The van der Waals surface area contributed by atoms with Crippen molar-refractivity contribution in [1.29, 1.82) is 0 Å². The number of hydrogen-bond donors (Lipinski definition) is 0. The average Bonchev–Trinajstić information content (AvgIpc) is 2.88. The van der Waals surface area contributed by atoms with E-state index in [1.165, 1.54) is 0 Å². The van der Waals surface area contributed by atoms with Gasteiger partial charge in [0, 0.05) is 31.8 Å². The number of nitrogens with zero attached hydrogens (tertiary/aromatic N) is 3. The van der Waals surface area contributed by atoms with E-state index in [1.807, 2.05) is 17.3 Å². The van der Waals surface area contributed by atoms with Crippen LogP contribution in [0.4, 0.5) is 0 Å². The third-order valence-corrected chi connectivity index (χ3v) is 3.43. The number of imidazole rings is 1. The fraction of sp³-hybridized carbons (Fsp3) is 0.692. The van der Waals surface area contributed by atoms with Crippen molar-refractivity contribution in [3.05, 3.63) is 18.2 Å². The summed E-state index contributed by atoms with van der Waals surface area (Å²) < 4.78 is 2.08. The largest absolute Gasteiger partial charge is 0.324 e. The number of rotatable bonds is 5. The Morgan fingerprint density at radius 3 is 3.00 bits per heavy atom. The van der Waals surface area contributed by atoms with Crippen LogP contribution in [0, 0.1) is 5.92 Å². The summed E-state index contributed by atoms with van der Waals surface area (Å²) in [6.07, 6.45) is 7.73. The van der Waals surface area contributed by atoms with Gasteiger partial charge in [-0.15, -0.1) is 0 Å². The summed E-state index contributed by atoms with van der Waals surface area (Å²) in [6, 6.07) is 0. The van der Waals surface area contributed by atoms with Gasteiger partial charge in [0.2, 0.25) is 5.91 Å². The molecule has 1 aromatic heterocycles. The molecule has 0 saturated carbocycles. The molecule has 1 amide bonds. The van der Waals surface area contributed by atoms with Gasteiger partial charge in [0.25, 0.3) is 0 Å². The van der Waals surface area contributed by atoms with Crippen LogP contribution >= 0.6 is 0 Å². The number of aromatic nitrogens is 2. The van der Waals surface area contributed by atoms with E-state index < -0.39 is 0 Å². The Kier molecular flexibility index (Phi) is 3.82. The summed E-state index contributed by atoms with van der Waals surface area (Å²) in [7, 11) is 0. The molecule has 1 saturated heterocycles. The van der Waals surface area contributed by atoms with Crippen molar-refractivity contribution in [3.8, 4) is 0 Å². The molecule has 1 fully saturated rings. The molecule has 17 heavy (non-hydrogen) atoms. The zero-order valence-corrected chi connectivity index (χ0v) is 10.7. The van der Waals surface area contributed by atoms with Gasteiger partial charge in [0.1, 0.15) is 5.82 Å². The van der Waals surface area contributed by atoms with Crippen molar-refractivity contribution in [2.75, 3.05) is 6.54 Å². The summed E-state index contributed by atoms with van der Waals surface area (Å²) in [6.45, 7) is 5.85. The van der Waals surface area contributed by atoms with E-state index in [9.17, 15) is 4.79 Å². The van der Waals surface area contributed by atoms with Gasteiger partial charge in [0.05, 0.1) is 6.67 Å². The molecular formula is C13H21N3O. The zero-order chi connectivity index (χ0) is 12.3.